The van der Waals surface area contributed by atoms with Gasteiger partial charge in [-0.1, -0.05) is 13.8 Å². The fourth-order valence-electron chi connectivity index (χ4n) is 2.45. The maximum absolute atomic E-state index is 3.66. The van der Waals surface area contributed by atoms with E-state index in [1.54, 1.807) is 0 Å². The predicted octanol–water partition coefficient (Wildman–Crippen LogP) is 1.91. The van der Waals surface area contributed by atoms with Gasteiger partial charge in [0.2, 0.25) is 0 Å². The van der Waals surface area contributed by atoms with Gasteiger partial charge in [0.1, 0.15) is 0 Å². The lowest BCUT2D eigenvalue weighted by Crippen LogP contribution is -2.34. The van der Waals surface area contributed by atoms with Gasteiger partial charge in [0.15, 0.2) is 0 Å². The monoisotopic (exact) mass is 196 g/mol. The van der Waals surface area contributed by atoms with Crippen LogP contribution in [0.4, 0.5) is 0 Å². The summed E-state index contributed by atoms with van der Waals surface area (Å²) in [5.74, 6) is 0. The lowest BCUT2D eigenvalue weighted by Gasteiger charge is -2.17. The molecule has 2 N–H and O–H groups in total. The van der Waals surface area contributed by atoms with Crippen LogP contribution in [-0.2, 0) is 0 Å². The Labute approximate surface area is 87.8 Å². The molecule has 0 aromatic heterocycles. The molecule has 2 nitrogen and oxygen atoms in total. The van der Waals surface area contributed by atoms with Crippen molar-refractivity contribution in [1.82, 2.24) is 10.6 Å². The molecule has 0 bridgehead atoms. The molecule has 0 radical (unpaired) electrons. The second-order valence-corrected chi connectivity index (χ2v) is 5.79. The summed E-state index contributed by atoms with van der Waals surface area (Å²) >= 11 is 0. The van der Waals surface area contributed by atoms with Crippen molar-refractivity contribution in [2.75, 3.05) is 13.1 Å². The Morgan fingerprint density at radius 2 is 1.64 bits per heavy atom. The molecule has 2 heteroatoms. The summed E-state index contributed by atoms with van der Waals surface area (Å²) < 4.78 is 0. The number of hydrogen-bond acceptors (Lipinski definition) is 2. The van der Waals surface area contributed by atoms with Gasteiger partial charge in [-0.15, -0.1) is 0 Å². The van der Waals surface area contributed by atoms with E-state index in [4.69, 9.17) is 0 Å². The maximum Gasteiger partial charge on any atom is 0.00794 e. The summed E-state index contributed by atoms with van der Waals surface area (Å²) in [6.45, 7) is 7.08. The van der Waals surface area contributed by atoms with Crippen molar-refractivity contribution in [2.45, 2.75) is 58.0 Å². The zero-order valence-electron chi connectivity index (χ0n) is 9.60. The van der Waals surface area contributed by atoms with Crippen molar-refractivity contribution >= 4 is 0 Å². The van der Waals surface area contributed by atoms with E-state index in [2.05, 4.69) is 24.5 Å². The van der Waals surface area contributed by atoms with E-state index < -0.39 is 0 Å². The zero-order valence-corrected chi connectivity index (χ0v) is 9.60. The summed E-state index contributed by atoms with van der Waals surface area (Å²) in [6.07, 6.45) is 6.92. The summed E-state index contributed by atoms with van der Waals surface area (Å²) in [5.41, 5.74) is 0.585. The average molecular weight is 196 g/mol. The van der Waals surface area contributed by atoms with E-state index in [-0.39, 0.29) is 0 Å². The molecule has 0 aromatic rings. The second-order valence-electron chi connectivity index (χ2n) is 5.79. The van der Waals surface area contributed by atoms with Crippen LogP contribution < -0.4 is 10.6 Å². The fourth-order valence-corrected chi connectivity index (χ4v) is 2.45. The van der Waals surface area contributed by atoms with E-state index in [1.807, 2.05) is 0 Å². The summed E-state index contributed by atoms with van der Waals surface area (Å²) in [6, 6.07) is 1.64. The first kappa shape index (κ1) is 10.4. The molecule has 0 aliphatic heterocycles. The second kappa shape index (κ2) is 4.19. The predicted molar refractivity (Wildman–Crippen MR) is 60.4 cm³/mol. The molecule has 2 aliphatic rings. The van der Waals surface area contributed by atoms with Crippen LogP contribution in [0.1, 0.15) is 46.0 Å². The molecular formula is C12H24N2. The first-order valence-corrected chi connectivity index (χ1v) is 6.12. The van der Waals surface area contributed by atoms with Crippen LogP contribution in [-0.4, -0.2) is 25.2 Å². The number of nitrogens with one attached hydrogen (secondary N) is 2. The maximum atomic E-state index is 3.66. The molecule has 14 heavy (non-hydrogen) atoms. The van der Waals surface area contributed by atoms with Crippen molar-refractivity contribution in [1.29, 1.82) is 0 Å². The smallest absolute Gasteiger partial charge is 0.00794 e. The van der Waals surface area contributed by atoms with Crippen molar-refractivity contribution in [3.63, 3.8) is 0 Å². The third kappa shape index (κ3) is 3.25. The molecule has 2 rings (SSSR count). The molecule has 82 valence electrons. The molecule has 2 saturated carbocycles. The summed E-state index contributed by atoms with van der Waals surface area (Å²) in [7, 11) is 0. The average Bonchev–Trinajstić information content (AvgIpc) is 2.86. The van der Waals surface area contributed by atoms with E-state index in [0.29, 0.717) is 5.41 Å². The Kier molecular flexibility index (Phi) is 3.13. The van der Waals surface area contributed by atoms with Gasteiger partial charge in [-0.25, -0.2) is 0 Å². The molecule has 0 heterocycles. The third-order valence-corrected chi connectivity index (χ3v) is 3.54. The van der Waals surface area contributed by atoms with Gasteiger partial charge in [0, 0.05) is 25.2 Å². The molecule has 1 atom stereocenters. The Morgan fingerprint density at radius 3 is 2.14 bits per heavy atom. The quantitative estimate of drug-likeness (QED) is 0.656. The van der Waals surface area contributed by atoms with Crippen molar-refractivity contribution < 1.29 is 0 Å². The standard InChI is InChI=1S/C12H24N2/c1-12(2)6-5-11(9-12)14-8-7-13-10-3-4-10/h10-11,13-14H,3-9H2,1-2H3. The molecule has 0 aromatic carbocycles. The van der Waals surface area contributed by atoms with Crippen LogP contribution in [0.3, 0.4) is 0 Å². The molecule has 1 unspecified atom stereocenters. The van der Waals surface area contributed by atoms with Crippen LogP contribution in [0, 0.1) is 5.41 Å². The SMILES string of the molecule is CC1(C)CCC(NCCNC2CC2)C1. The highest BCUT2D eigenvalue weighted by Crippen LogP contribution is 2.36. The van der Waals surface area contributed by atoms with Gasteiger partial charge in [-0.05, 0) is 37.5 Å². The highest BCUT2D eigenvalue weighted by molar-refractivity contribution is 4.87. The molecule has 0 saturated heterocycles. The van der Waals surface area contributed by atoms with Crippen LogP contribution in [0.15, 0.2) is 0 Å². The van der Waals surface area contributed by atoms with E-state index in [9.17, 15) is 0 Å². The van der Waals surface area contributed by atoms with Gasteiger partial charge in [-0.2, -0.15) is 0 Å². The van der Waals surface area contributed by atoms with Gasteiger partial charge in [-0.3, -0.25) is 0 Å². The minimum atomic E-state index is 0.585. The lowest BCUT2D eigenvalue weighted by atomic mass is 9.92. The Balaban J connectivity index is 1.52. The third-order valence-electron chi connectivity index (χ3n) is 3.54. The normalized spacial score (nSPS) is 30.9. The van der Waals surface area contributed by atoms with Crippen molar-refractivity contribution in [2.24, 2.45) is 5.41 Å². The minimum absolute atomic E-state index is 0.585. The Bertz CT molecular complexity index is 185. The first-order chi connectivity index (χ1) is 6.66. The highest BCUT2D eigenvalue weighted by atomic mass is 15.0. The van der Waals surface area contributed by atoms with Gasteiger partial charge >= 0.3 is 0 Å². The zero-order chi connectivity index (χ0) is 10.0. The van der Waals surface area contributed by atoms with Crippen molar-refractivity contribution in [3.05, 3.63) is 0 Å². The van der Waals surface area contributed by atoms with Crippen molar-refractivity contribution in [3.8, 4) is 0 Å². The molecule has 0 spiro atoms. The summed E-state index contributed by atoms with van der Waals surface area (Å²) in [4.78, 5) is 0. The van der Waals surface area contributed by atoms with Crippen LogP contribution in [0.5, 0.6) is 0 Å². The largest absolute Gasteiger partial charge is 0.313 e. The number of rotatable bonds is 5. The van der Waals surface area contributed by atoms with Crippen LogP contribution >= 0.6 is 0 Å². The Morgan fingerprint density at radius 1 is 1.00 bits per heavy atom. The van der Waals surface area contributed by atoms with E-state index in [1.165, 1.54) is 32.1 Å². The lowest BCUT2D eigenvalue weighted by molar-refractivity contribution is 0.364. The fraction of sp³-hybridized carbons (Fsp3) is 1.00. The van der Waals surface area contributed by atoms with Crippen LogP contribution in [0.2, 0.25) is 0 Å². The summed E-state index contributed by atoms with van der Waals surface area (Å²) in [5, 5.41) is 7.20. The van der Waals surface area contributed by atoms with E-state index in [0.717, 1.165) is 25.2 Å². The van der Waals surface area contributed by atoms with E-state index >= 15 is 0 Å². The first-order valence-electron chi connectivity index (χ1n) is 6.12. The molecule has 0 amide bonds. The Hall–Kier alpha value is -0.0800. The molecule has 2 aliphatic carbocycles. The van der Waals surface area contributed by atoms with Crippen LogP contribution in [0.25, 0.3) is 0 Å². The number of hydrogen-bond donors (Lipinski definition) is 2. The topological polar surface area (TPSA) is 24.1 Å². The van der Waals surface area contributed by atoms with Gasteiger partial charge in [0.25, 0.3) is 0 Å². The minimum Gasteiger partial charge on any atom is -0.313 e. The highest BCUT2D eigenvalue weighted by Gasteiger charge is 2.30. The molecule has 2 fully saturated rings. The van der Waals surface area contributed by atoms with Gasteiger partial charge < -0.3 is 10.6 Å². The molecular weight excluding hydrogens is 172 g/mol. The van der Waals surface area contributed by atoms with Gasteiger partial charge in [0.05, 0.1) is 0 Å².